The van der Waals surface area contributed by atoms with Gasteiger partial charge in [-0.05, 0) is 18.8 Å². The smallest absolute Gasteiger partial charge is 0.213 e. The summed E-state index contributed by atoms with van der Waals surface area (Å²) in [5, 5.41) is 11.4. The SMILES string of the molecule is O=[N+]([O-])C1CCC(C=NCCBr)CC1. The predicted molar refractivity (Wildman–Crippen MR) is 59.9 cm³/mol. The molecule has 0 N–H and O–H groups in total. The van der Waals surface area contributed by atoms with E-state index in [9.17, 15) is 10.1 Å². The fourth-order valence-corrected chi connectivity index (χ4v) is 1.94. The van der Waals surface area contributed by atoms with Gasteiger partial charge in [0, 0.05) is 35.9 Å². The molecule has 1 saturated carbocycles. The first kappa shape index (κ1) is 11.6. The topological polar surface area (TPSA) is 55.5 Å². The van der Waals surface area contributed by atoms with Crippen LogP contribution in [0.1, 0.15) is 25.7 Å². The number of alkyl halides is 1. The van der Waals surface area contributed by atoms with Crippen LogP contribution in [-0.4, -0.2) is 29.1 Å². The van der Waals surface area contributed by atoms with E-state index >= 15 is 0 Å². The monoisotopic (exact) mass is 262 g/mol. The molecule has 0 aromatic heterocycles. The molecule has 0 aromatic carbocycles. The Labute approximate surface area is 92.1 Å². The van der Waals surface area contributed by atoms with E-state index in [0.29, 0.717) is 18.8 Å². The minimum atomic E-state index is -0.309. The quantitative estimate of drug-likeness (QED) is 0.338. The molecule has 1 aliphatic rings. The van der Waals surface area contributed by atoms with Gasteiger partial charge >= 0.3 is 0 Å². The summed E-state index contributed by atoms with van der Waals surface area (Å²) in [4.78, 5) is 14.6. The summed E-state index contributed by atoms with van der Waals surface area (Å²) in [5.41, 5.74) is 0. The maximum Gasteiger partial charge on any atom is 0.213 e. The number of nitrogens with zero attached hydrogens (tertiary/aromatic N) is 2. The minimum Gasteiger partial charge on any atom is -0.296 e. The Kier molecular flexibility index (Phi) is 5.07. The molecule has 1 aliphatic carbocycles. The fraction of sp³-hybridized carbons (Fsp3) is 0.889. The molecule has 0 aromatic rings. The highest BCUT2D eigenvalue weighted by molar-refractivity contribution is 9.09. The second-order valence-corrected chi connectivity index (χ2v) is 4.39. The van der Waals surface area contributed by atoms with Crippen LogP contribution >= 0.6 is 15.9 Å². The van der Waals surface area contributed by atoms with Crippen molar-refractivity contribution in [2.24, 2.45) is 10.9 Å². The van der Waals surface area contributed by atoms with Gasteiger partial charge in [-0.1, -0.05) is 15.9 Å². The minimum absolute atomic E-state index is 0.147. The van der Waals surface area contributed by atoms with E-state index in [4.69, 9.17) is 0 Å². The second-order valence-electron chi connectivity index (χ2n) is 3.60. The van der Waals surface area contributed by atoms with Crippen molar-refractivity contribution >= 4 is 22.1 Å². The number of aliphatic imine (C=N–C) groups is 1. The first-order chi connectivity index (χ1) is 6.74. The Morgan fingerprint density at radius 2 is 2.07 bits per heavy atom. The number of halogens is 1. The van der Waals surface area contributed by atoms with E-state index in [1.807, 2.05) is 6.21 Å². The lowest BCUT2D eigenvalue weighted by molar-refractivity contribution is -0.526. The maximum atomic E-state index is 10.5. The Bertz CT molecular complexity index is 213. The van der Waals surface area contributed by atoms with Crippen LogP contribution in [-0.2, 0) is 0 Å². The first-order valence-corrected chi connectivity index (χ1v) is 6.05. The van der Waals surface area contributed by atoms with E-state index < -0.39 is 0 Å². The Balaban J connectivity index is 2.25. The van der Waals surface area contributed by atoms with Gasteiger partial charge < -0.3 is 0 Å². The van der Waals surface area contributed by atoms with Gasteiger partial charge in [0.1, 0.15) is 0 Å². The van der Waals surface area contributed by atoms with Crippen molar-refractivity contribution in [3.05, 3.63) is 10.1 Å². The molecule has 0 saturated heterocycles. The lowest BCUT2D eigenvalue weighted by Crippen LogP contribution is -2.26. The van der Waals surface area contributed by atoms with Crippen molar-refractivity contribution < 1.29 is 4.92 Å². The Morgan fingerprint density at radius 1 is 1.43 bits per heavy atom. The van der Waals surface area contributed by atoms with E-state index in [0.717, 1.165) is 24.7 Å². The highest BCUT2D eigenvalue weighted by Gasteiger charge is 2.27. The molecule has 1 fully saturated rings. The summed E-state index contributed by atoms with van der Waals surface area (Å²) >= 11 is 3.30. The van der Waals surface area contributed by atoms with E-state index in [-0.39, 0.29) is 11.0 Å². The average molecular weight is 263 g/mol. The van der Waals surface area contributed by atoms with Gasteiger partial charge in [-0.3, -0.25) is 15.1 Å². The standard InChI is InChI=1S/C9H15BrN2O2/c10-5-6-11-7-8-1-3-9(4-2-8)12(13)14/h7-9H,1-6H2. The predicted octanol–water partition coefficient (Wildman–Crippen LogP) is 2.29. The number of hydrogen-bond donors (Lipinski definition) is 0. The largest absolute Gasteiger partial charge is 0.296 e. The lowest BCUT2D eigenvalue weighted by Gasteiger charge is -2.20. The molecule has 1 rings (SSSR count). The first-order valence-electron chi connectivity index (χ1n) is 4.93. The number of rotatable bonds is 4. The summed E-state index contributed by atoms with van der Waals surface area (Å²) in [7, 11) is 0. The summed E-state index contributed by atoms with van der Waals surface area (Å²) in [5.74, 6) is 0.463. The van der Waals surface area contributed by atoms with Crippen molar-refractivity contribution in [3.8, 4) is 0 Å². The van der Waals surface area contributed by atoms with Gasteiger partial charge in [-0.25, -0.2) is 0 Å². The molecular weight excluding hydrogens is 248 g/mol. The Morgan fingerprint density at radius 3 is 2.57 bits per heavy atom. The highest BCUT2D eigenvalue weighted by Crippen LogP contribution is 2.24. The van der Waals surface area contributed by atoms with Crippen LogP contribution < -0.4 is 0 Å². The third-order valence-corrected chi connectivity index (χ3v) is 2.92. The zero-order chi connectivity index (χ0) is 10.4. The fourth-order valence-electron chi connectivity index (χ4n) is 1.73. The van der Waals surface area contributed by atoms with E-state index in [1.165, 1.54) is 0 Å². The molecule has 0 spiro atoms. The molecule has 0 heterocycles. The Hall–Kier alpha value is -0.450. The molecule has 0 unspecified atom stereocenters. The summed E-state index contributed by atoms with van der Waals surface area (Å²) in [6.45, 7) is 0.801. The third kappa shape index (κ3) is 3.74. The van der Waals surface area contributed by atoms with Crippen molar-refractivity contribution in [2.45, 2.75) is 31.7 Å². The van der Waals surface area contributed by atoms with Crippen molar-refractivity contribution in [1.29, 1.82) is 0 Å². The van der Waals surface area contributed by atoms with Gasteiger partial charge in [-0.2, -0.15) is 0 Å². The summed E-state index contributed by atoms with van der Waals surface area (Å²) in [6, 6.07) is -0.309. The van der Waals surface area contributed by atoms with Crippen LogP contribution in [0.2, 0.25) is 0 Å². The van der Waals surface area contributed by atoms with Gasteiger partial charge in [0.05, 0.1) is 0 Å². The maximum absolute atomic E-state index is 10.5. The summed E-state index contributed by atoms with van der Waals surface area (Å²) < 4.78 is 0. The molecular formula is C9H15BrN2O2. The molecule has 5 heteroatoms. The number of hydrogen-bond acceptors (Lipinski definition) is 3. The van der Waals surface area contributed by atoms with Crippen LogP contribution in [0.25, 0.3) is 0 Å². The molecule has 0 radical (unpaired) electrons. The van der Waals surface area contributed by atoms with Crippen molar-refractivity contribution in [2.75, 3.05) is 11.9 Å². The van der Waals surface area contributed by atoms with Crippen LogP contribution in [0.3, 0.4) is 0 Å². The van der Waals surface area contributed by atoms with Crippen LogP contribution in [0, 0.1) is 16.0 Å². The van der Waals surface area contributed by atoms with Crippen LogP contribution in [0.15, 0.2) is 4.99 Å². The van der Waals surface area contributed by atoms with Crippen molar-refractivity contribution in [3.63, 3.8) is 0 Å². The lowest BCUT2D eigenvalue weighted by atomic mass is 9.87. The molecule has 80 valence electrons. The van der Waals surface area contributed by atoms with Gasteiger partial charge in [-0.15, -0.1) is 0 Å². The normalized spacial score (nSPS) is 28.1. The molecule has 4 nitrogen and oxygen atoms in total. The molecule has 0 aliphatic heterocycles. The van der Waals surface area contributed by atoms with Gasteiger partial charge in [0.2, 0.25) is 6.04 Å². The molecule has 0 atom stereocenters. The van der Waals surface area contributed by atoms with Crippen LogP contribution in [0.4, 0.5) is 0 Å². The van der Waals surface area contributed by atoms with Gasteiger partial charge in [0.25, 0.3) is 0 Å². The van der Waals surface area contributed by atoms with E-state index in [1.54, 1.807) is 0 Å². The molecule has 0 bridgehead atoms. The highest BCUT2D eigenvalue weighted by atomic mass is 79.9. The molecule has 0 amide bonds. The second kappa shape index (κ2) is 6.11. The average Bonchev–Trinajstić information content (AvgIpc) is 2.19. The van der Waals surface area contributed by atoms with Gasteiger partial charge in [0.15, 0.2) is 0 Å². The molecule has 14 heavy (non-hydrogen) atoms. The number of nitro groups is 1. The zero-order valence-corrected chi connectivity index (χ0v) is 9.65. The summed E-state index contributed by atoms with van der Waals surface area (Å²) in [6.07, 6.45) is 5.21. The van der Waals surface area contributed by atoms with Crippen molar-refractivity contribution in [1.82, 2.24) is 0 Å². The van der Waals surface area contributed by atoms with E-state index in [2.05, 4.69) is 20.9 Å². The van der Waals surface area contributed by atoms with Crippen LogP contribution in [0.5, 0.6) is 0 Å². The third-order valence-electron chi connectivity index (χ3n) is 2.57. The zero-order valence-electron chi connectivity index (χ0n) is 8.06.